The Morgan fingerprint density at radius 3 is 2.54 bits per heavy atom. The minimum Gasteiger partial charge on any atom is -0.442 e. The summed E-state index contributed by atoms with van der Waals surface area (Å²) >= 11 is 0. The lowest BCUT2D eigenvalue weighted by Crippen LogP contribution is -2.55. The van der Waals surface area contributed by atoms with Crippen molar-refractivity contribution in [1.82, 2.24) is 21.1 Å². The Morgan fingerprint density at radius 2 is 2.04 bits per heavy atom. The molecule has 8 nitrogen and oxygen atoms in total. The lowest BCUT2D eigenvalue weighted by atomic mass is 10.0. The summed E-state index contributed by atoms with van der Waals surface area (Å²) in [6, 6.07) is -0.322. The predicted molar refractivity (Wildman–Crippen MR) is 94.8 cm³/mol. The average Bonchev–Trinajstić information content (AvgIpc) is 2.91. The summed E-state index contributed by atoms with van der Waals surface area (Å²) in [5.74, 6) is 0.0820. The first-order chi connectivity index (χ1) is 12.0. The summed E-state index contributed by atoms with van der Waals surface area (Å²) in [4.78, 5) is 37.2. The quantitative estimate of drug-likeness (QED) is 0.637. The van der Waals surface area contributed by atoms with Gasteiger partial charge in [-0.25, -0.2) is 9.80 Å². The average molecular weight is 366 g/mol. The van der Waals surface area contributed by atoms with Crippen LogP contribution in [0.5, 0.6) is 0 Å². The third-order valence-corrected chi connectivity index (χ3v) is 5.76. The number of carbonyl (C=O) groups excluding carboxylic acids is 3. The SMILES string of the molecule is CC(C)(C)OC(=O)N(C[C@@H]1CCNC1=O)NC(=O)[C@H]1NC[C@H]2[C@@H]1C2(C)C. The number of fused-ring (bicyclic) bond motifs is 1. The first-order valence-corrected chi connectivity index (χ1v) is 9.33. The zero-order valence-corrected chi connectivity index (χ0v) is 16.2. The van der Waals surface area contributed by atoms with Gasteiger partial charge >= 0.3 is 6.09 Å². The van der Waals surface area contributed by atoms with E-state index < -0.39 is 11.7 Å². The summed E-state index contributed by atoms with van der Waals surface area (Å²) in [6.07, 6.45) is -0.0110. The van der Waals surface area contributed by atoms with Crippen molar-refractivity contribution in [1.29, 1.82) is 0 Å². The number of hydrogen-bond acceptors (Lipinski definition) is 5. The van der Waals surface area contributed by atoms with E-state index in [1.807, 2.05) is 0 Å². The molecule has 0 bridgehead atoms. The van der Waals surface area contributed by atoms with Crippen LogP contribution >= 0.6 is 0 Å². The van der Waals surface area contributed by atoms with Gasteiger partial charge < -0.3 is 15.4 Å². The monoisotopic (exact) mass is 366 g/mol. The minimum atomic E-state index is -0.687. The van der Waals surface area contributed by atoms with Crippen LogP contribution < -0.4 is 16.1 Å². The molecule has 0 aromatic carbocycles. The number of hydrogen-bond donors (Lipinski definition) is 3. The maximum Gasteiger partial charge on any atom is 0.429 e. The van der Waals surface area contributed by atoms with E-state index in [0.29, 0.717) is 18.9 Å². The van der Waals surface area contributed by atoms with Gasteiger partial charge in [-0.05, 0) is 51.0 Å². The molecule has 0 unspecified atom stereocenters. The number of hydrazine groups is 1. The highest BCUT2D eigenvalue weighted by molar-refractivity contribution is 5.86. The van der Waals surface area contributed by atoms with Gasteiger partial charge in [0.15, 0.2) is 0 Å². The molecule has 0 aromatic heterocycles. The first-order valence-electron chi connectivity index (χ1n) is 9.33. The summed E-state index contributed by atoms with van der Waals surface area (Å²) < 4.78 is 5.41. The molecule has 3 amide bonds. The van der Waals surface area contributed by atoms with Crippen LogP contribution in [0, 0.1) is 23.2 Å². The Labute approximate surface area is 154 Å². The van der Waals surface area contributed by atoms with Gasteiger partial charge in [0.1, 0.15) is 5.60 Å². The van der Waals surface area contributed by atoms with Gasteiger partial charge in [0.2, 0.25) is 5.91 Å². The fourth-order valence-electron chi connectivity index (χ4n) is 4.20. The third kappa shape index (κ3) is 3.65. The summed E-state index contributed by atoms with van der Waals surface area (Å²) in [5.41, 5.74) is 2.16. The highest BCUT2D eigenvalue weighted by Crippen LogP contribution is 2.62. The Bertz CT molecular complexity index is 613. The van der Waals surface area contributed by atoms with E-state index in [9.17, 15) is 14.4 Å². The van der Waals surface area contributed by atoms with Gasteiger partial charge in [0.25, 0.3) is 5.91 Å². The smallest absolute Gasteiger partial charge is 0.429 e. The zero-order valence-electron chi connectivity index (χ0n) is 16.2. The lowest BCUT2D eigenvalue weighted by Gasteiger charge is -2.30. The van der Waals surface area contributed by atoms with Crippen LogP contribution in [-0.4, -0.2) is 54.2 Å². The highest BCUT2D eigenvalue weighted by atomic mass is 16.6. The van der Waals surface area contributed by atoms with Crippen LogP contribution in [0.15, 0.2) is 0 Å². The third-order valence-electron chi connectivity index (χ3n) is 5.76. The molecular formula is C18H30N4O4. The van der Waals surface area contributed by atoms with Crippen LogP contribution in [0.4, 0.5) is 4.79 Å². The van der Waals surface area contributed by atoms with Crippen LogP contribution in [-0.2, 0) is 14.3 Å². The number of nitrogens with one attached hydrogen (secondary N) is 3. The molecular weight excluding hydrogens is 336 g/mol. The van der Waals surface area contributed by atoms with Crippen molar-refractivity contribution in [2.45, 2.75) is 52.7 Å². The molecule has 3 aliphatic rings. The number of rotatable bonds is 3. The van der Waals surface area contributed by atoms with Crippen molar-refractivity contribution in [3.8, 4) is 0 Å². The van der Waals surface area contributed by atoms with Gasteiger partial charge in [-0.2, -0.15) is 0 Å². The molecule has 1 aliphatic carbocycles. The molecule has 2 heterocycles. The van der Waals surface area contributed by atoms with Crippen molar-refractivity contribution in [3.05, 3.63) is 0 Å². The second-order valence-electron chi connectivity index (χ2n) is 9.18. The second kappa shape index (κ2) is 6.40. The predicted octanol–water partition coefficient (Wildman–Crippen LogP) is 0.635. The molecule has 3 rings (SSSR count). The maximum atomic E-state index is 12.8. The summed E-state index contributed by atoms with van der Waals surface area (Å²) in [5, 5.41) is 7.15. The van der Waals surface area contributed by atoms with E-state index in [-0.39, 0.29) is 41.7 Å². The molecule has 26 heavy (non-hydrogen) atoms. The number of ether oxygens (including phenoxy) is 1. The van der Waals surface area contributed by atoms with Crippen LogP contribution in [0.3, 0.4) is 0 Å². The Balaban J connectivity index is 1.67. The summed E-state index contributed by atoms with van der Waals surface area (Å²) in [7, 11) is 0. The normalized spacial score (nSPS) is 31.8. The van der Waals surface area contributed by atoms with E-state index >= 15 is 0 Å². The number of carbonyl (C=O) groups is 3. The van der Waals surface area contributed by atoms with Crippen molar-refractivity contribution < 1.29 is 19.1 Å². The molecule has 0 aromatic rings. The van der Waals surface area contributed by atoms with Crippen LogP contribution in [0.25, 0.3) is 0 Å². The van der Waals surface area contributed by atoms with Gasteiger partial charge in [0, 0.05) is 6.54 Å². The lowest BCUT2D eigenvalue weighted by molar-refractivity contribution is -0.130. The number of nitrogens with zero attached hydrogens (tertiary/aromatic N) is 1. The number of piperidine rings is 1. The van der Waals surface area contributed by atoms with Crippen molar-refractivity contribution in [2.24, 2.45) is 23.2 Å². The highest BCUT2D eigenvalue weighted by Gasteiger charge is 2.65. The summed E-state index contributed by atoms with van der Waals surface area (Å²) in [6.45, 7) is 11.1. The van der Waals surface area contributed by atoms with Crippen molar-refractivity contribution in [2.75, 3.05) is 19.6 Å². The molecule has 8 heteroatoms. The van der Waals surface area contributed by atoms with Gasteiger partial charge in [-0.15, -0.1) is 0 Å². The fourth-order valence-corrected chi connectivity index (χ4v) is 4.20. The van der Waals surface area contributed by atoms with E-state index in [1.165, 1.54) is 0 Å². The van der Waals surface area contributed by atoms with Crippen LogP contribution in [0.2, 0.25) is 0 Å². The zero-order chi connectivity index (χ0) is 19.3. The van der Waals surface area contributed by atoms with Gasteiger partial charge in [-0.1, -0.05) is 13.8 Å². The molecule has 0 spiro atoms. The standard InChI is InChI=1S/C18H30N4O4/c1-17(2,3)26-16(25)22(9-10-6-7-19-14(10)23)21-15(24)13-12-11(8-20-13)18(12,4)5/h10-13,20H,6-9H2,1-5H3,(H,19,23)(H,21,24)/t10-,11-,12-,13-/m0/s1. The topological polar surface area (TPSA) is 99.8 Å². The molecule has 146 valence electrons. The largest absolute Gasteiger partial charge is 0.442 e. The second-order valence-corrected chi connectivity index (χ2v) is 9.18. The maximum absolute atomic E-state index is 12.8. The van der Waals surface area contributed by atoms with Gasteiger partial charge in [0.05, 0.1) is 18.5 Å². The van der Waals surface area contributed by atoms with Crippen molar-refractivity contribution in [3.63, 3.8) is 0 Å². The number of amides is 3. The minimum absolute atomic E-state index is 0.102. The van der Waals surface area contributed by atoms with E-state index in [2.05, 4.69) is 29.9 Å². The Morgan fingerprint density at radius 1 is 1.35 bits per heavy atom. The fraction of sp³-hybridized carbons (Fsp3) is 0.833. The molecule has 2 aliphatic heterocycles. The molecule has 2 saturated heterocycles. The molecule has 3 fully saturated rings. The van der Waals surface area contributed by atoms with E-state index in [4.69, 9.17) is 4.74 Å². The molecule has 4 atom stereocenters. The molecule has 0 radical (unpaired) electrons. The Hall–Kier alpha value is -1.83. The molecule has 1 saturated carbocycles. The van der Waals surface area contributed by atoms with Crippen molar-refractivity contribution >= 4 is 17.9 Å². The van der Waals surface area contributed by atoms with E-state index in [1.54, 1.807) is 20.8 Å². The Kier molecular flexibility index (Phi) is 4.67. The van der Waals surface area contributed by atoms with Gasteiger partial charge in [-0.3, -0.25) is 15.0 Å². The van der Waals surface area contributed by atoms with E-state index in [0.717, 1.165) is 11.6 Å². The molecule has 3 N–H and O–H groups in total. The van der Waals surface area contributed by atoms with Crippen LogP contribution in [0.1, 0.15) is 41.0 Å². The first kappa shape index (κ1) is 18.9.